The van der Waals surface area contributed by atoms with Crippen LogP contribution in [0, 0.1) is 0 Å². The molecule has 0 aromatic heterocycles. The summed E-state index contributed by atoms with van der Waals surface area (Å²) in [6.45, 7) is 2.30. The Labute approximate surface area is 59.3 Å². The Morgan fingerprint density at radius 2 is 1.89 bits per heavy atom. The van der Waals surface area contributed by atoms with E-state index in [1.807, 2.05) is 0 Å². The first-order chi connectivity index (χ1) is 4.43. The summed E-state index contributed by atoms with van der Waals surface area (Å²) >= 11 is 0. The lowest BCUT2D eigenvalue weighted by atomic mass is 9.57. The van der Waals surface area contributed by atoms with Crippen LogP contribution in [0.5, 0.6) is 0 Å². The maximum absolute atomic E-state index is 2.30. The third-order valence-corrected chi connectivity index (χ3v) is 2.42. The fourth-order valence-corrected chi connectivity index (χ4v) is 1.88. The summed E-state index contributed by atoms with van der Waals surface area (Å²) < 4.78 is 0. The minimum absolute atomic E-state index is 1.10. The molecular formula is C8H17B. The third-order valence-electron chi connectivity index (χ3n) is 2.42. The fourth-order valence-electron chi connectivity index (χ4n) is 1.88. The van der Waals surface area contributed by atoms with Gasteiger partial charge in [-0.2, -0.15) is 0 Å². The SMILES string of the molecule is CCBC1CCCCC1. The smallest absolute Gasteiger partial charge is 0.0800 e. The van der Waals surface area contributed by atoms with Crippen LogP contribution in [-0.4, -0.2) is 7.28 Å². The van der Waals surface area contributed by atoms with Crippen LogP contribution in [0.25, 0.3) is 0 Å². The molecule has 0 bridgehead atoms. The first-order valence-electron chi connectivity index (χ1n) is 4.43. The lowest BCUT2D eigenvalue weighted by Crippen LogP contribution is -2.06. The largest absolute Gasteiger partial charge is 0.123 e. The molecule has 0 aromatic rings. The average Bonchev–Trinajstić information content (AvgIpc) is 1.91. The van der Waals surface area contributed by atoms with Gasteiger partial charge in [0.15, 0.2) is 0 Å². The first kappa shape index (κ1) is 7.18. The van der Waals surface area contributed by atoms with Crippen LogP contribution in [0.15, 0.2) is 0 Å². The molecule has 1 heteroatoms. The van der Waals surface area contributed by atoms with E-state index in [9.17, 15) is 0 Å². The monoisotopic (exact) mass is 124 g/mol. The zero-order chi connectivity index (χ0) is 6.53. The van der Waals surface area contributed by atoms with E-state index < -0.39 is 0 Å². The standard InChI is InChI=1S/C8H17B/c1-2-9-8-6-4-3-5-7-8/h8-9H,2-7H2,1H3. The number of rotatable bonds is 2. The molecule has 0 radical (unpaired) electrons. The van der Waals surface area contributed by atoms with E-state index in [2.05, 4.69) is 6.92 Å². The van der Waals surface area contributed by atoms with Gasteiger partial charge in [-0.3, -0.25) is 0 Å². The van der Waals surface area contributed by atoms with Crippen molar-refractivity contribution in [2.75, 3.05) is 0 Å². The van der Waals surface area contributed by atoms with E-state index in [0.717, 1.165) is 5.82 Å². The topological polar surface area (TPSA) is 0 Å². The predicted octanol–water partition coefficient (Wildman–Crippen LogP) is 2.61. The van der Waals surface area contributed by atoms with Crippen molar-refractivity contribution in [3.63, 3.8) is 0 Å². The van der Waals surface area contributed by atoms with Gasteiger partial charge in [-0.1, -0.05) is 51.2 Å². The van der Waals surface area contributed by atoms with Crippen molar-refractivity contribution >= 4 is 7.28 Å². The third kappa shape index (κ3) is 2.42. The molecule has 0 spiro atoms. The molecule has 0 unspecified atom stereocenters. The van der Waals surface area contributed by atoms with E-state index in [-0.39, 0.29) is 0 Å². The molecule has 1 aliphatic rings. The van der Waals surface area contributed by atoms with E-state index in [4.69, 9.17) is 0 Å². The molecule has 0 saturated heterocycles. The molecule has 0 heterocycles. The van der Waals surface area contributed by atoms with Crippen molar-refractivity contribution in [3.05, 3.63) is 0 Å². The van der Waals surface area contributed by atoms with Gasteiger partial charge >= 0.3 is 0 Å². The summed E-state index contributed by atoms with van der Waals surface area (Å²) in [6.07, 6.45) is 8.95. The second-order valence-electron chi connectivity index (χ2n) is 3.29. The Kier molecular flexibility index (Phi) is 3.17. The van der Waals surface area contributed by atoms with E-state index in [1.54, 1.807) is 0 Å². The molecule has 0 amide bonds. The summed E-state index contributed by atoms with van der Waals surface area (Å²) in [4.78, 5) is 0. The summed E-state index contributed by atoms with van der Waals surface area (Å²) in [6, 6.07) is 0. The Morgan fingerprint density at radius 3 is 2.44 bits per heavy atom. The lowest BCUT2D eigenvalue weighted by molar-refractivity contribution is 0.500. The van der Waals surface area contributed by atoms with Gasteiger partial charge in [0.25, 0.3) is 0 Å². The van der Waals surface area contributed by atoms with Crippen LogP contribution in [0.3, 0.4) is 0 Å². The maximum Gasteiger partial charge on any atom is 0.123 e. The molecule has 52 valence electrons. The summed E-state index contributed by atoms with van der Waals surface area (Å²) in [5.41, 5.74) is 0. The molecule has 0 atom stereocenters. The van der Waals surface area contributed by atoms with E-state index >= 15 is 0 Å². The van der Waals surface area contributed by atoms with Gasteiger partial charge in [0, 0.05) is 0 Å². The maximum atomic E-state index is 2.30. The second kappa shape index (κ2) is 3.97. The molecular weight excluding hydrogens is 107 g/mol. The zero-order valence-corrected chi connectivity index (χ0v) is 6.53. The highest BCUT2D eigenvalue weighted by atomic mass is 14.1. The second-order valence-corrected chi connectivity index (χ2v) is 3.29. The molecule has 1 rings (SSSR count). The minimum atomic E-state index is 1.10. The van der Waals surface area contributed by atoms with Crippen molar-refractivity contribution in [1.29, 1.82) is 0 Å². The van der Waals surface area contributed by atoms with Gasteiger partial charge in [-0.05, 0) is 0 Å². The molecule has 0 aliphatic heterocycles. The highest BCUT2D eigenvalue weighted by Crippen LogP contribution is 2.27. The highest BCUT2D eigenvalue weighted by Gasteiger charge is 2.12. The van der Waals surface area contributed by atoms with Gasteiger partial charge in [-0.25, -0.2) is 0 Å². The van der Waals surface area contributed by atoms with Gasteiger partial charge in [-0.15, -0.1) is 0 Å². The van der Waals surface area contributed by atoms with Gasteiger partial charge in [0.1, 0.15) is 7.28 Å². The fraction of sp³-hybridized carbons (Fsp3) is 1.00. The Balaban J connectivity index is 2.08. The molecule has 1 saturated carbocycles. The molecule has 1 aliphatic carbocycles. The van der Waals surface area contributed by atoms with Crippen LogP contribution in [0.1, 0.15) is 39.0 Å². The summed E-state index contributed by atoms with van der Waals surface area (Å²) in [5.74, 6) is 1.10. The molecule has 0 nitrogen and oxygen atoms in total. The number of hydrogen-bond acceptors (Lipinski definition) is 0. The Hall–Kier alpha value is 0.0649. The van der Waals surface area contributed by atoms with Gasteiger partial charge in [0.2, 0.25) is 0 Å². The molecule has 0 aromatic carbocycles. The van der Waals surface area contributed by atoms with E-state index in [1.165, 1.54) is 45.7 Å². The average molecular weight is 124 g/mol. The van der Waals surface area contributed by atoms with Crippen LogP contribution in [0.4, 0.5) is 0 Å². The summed E-state index contributed by atoms with van der Waals surface area (Å²) in [5, 5.41) is 0. The number of hydrogen-bond donors (Lipinski definition) is 0. The van der Waals surface area contributed by atoms with Crippen molar-refractivity contribution in [2.24, 2.45) is 0 Å². The normalized spacial score (nSPS) is 21.9. The van der Waals surface area contributed by atoms with Crippen molar-refractivity contribution in [1.82, 2.24) is 0 Å². The lowest BCUT2D eigenvalue weighted by Gasteiger charge is -2.19. The Bertz CT molecular complexity index is 62.2. The predicted molar refractivity (Wildman–Crippen MR) is 44.5 cm³/mol. The van der Waals surface area contributed by atoms with E-state index in [0.29, 0.717) is 0 Å². The van der Waals surface area contributed by atoms with Gasteiger partial charge < -0.3 is 0 Å². The molecule has 1 fully saturated rings. The molecule has 9 heavy (non-hydrogen) atoms. The van der Waals surface area contributed by atoms with Crippen molar-refractivity contribution in [2.45, 2.75) is 51.2 Å². The van der Waals surface area contributed by atoms with Crippen molar-refractivity contribution in [3.8, 4) is 0 Å². The van der Waals surface area contributed by atoms with Crippen LogP contribution in [-0.2, 0) is 0 Å². The van der Waals surface area contributed by atoms with Crippen LogP contribution < -0.4 is 0 Å². The molecule has 0 N–H and O–H groups in total. The summed E-state index contributed by atoms with van der Waals surface area (Å²) in [7, 11) is 1.49. The van der Waals surface area contributed by atoms with Crippen molar-refractivity contribution < 1.29 is 0 Å². The zero-order valence-electron chi connectivity index (χ0n) is 6.53. The Morgan fingerprint density at radius 1 is 1.22 bits per heavy atom. The highest BCUT2D eigenvalue weighted by molar-refractivity contribution is 6.37. The minimum Gasteiger partial charge on any atom is -0.0800 e. The van der Waals surface area contributed by atoms with Crippen LogP contribution >= 0.6 is 0 Å². The van der Waals surface area contributed by atoms with Gasteiger partial charge in [0.05, 0.1) is 0 Å². The first-order valence-corrected chi connectivity index (χ1v) is 4.43. The van der Waals surface area contributed by atoms with Crippen LogP contribution in [0.2, 0.25) is 12.1 Å². The quantitative estimate of drug-likeness (QED) is 0.496.